The Kier molecular flexibility index (Phi) is 2.75. The molecule has 0 aliphatic heterocycles. The predicted octanol–water partition coefficient (Wildman–Crippen LogP) is 0.355. The van der Waals surface area contributed by atoms with Crippen LogP contribution in [0.5, 0.6) is 5.75 Å². The van der Waals surface area contributed by atoms with Gasteiger partial charge < -0.3 is 21.7 Å². The van der Waals surface area contributed by atoms with Gasteiger partial charge in [-0.2, -0.15) is 0 Å². The minimum atomic E-state index is -0.715. The molecule has 0 radical (unpaired) electrons. The minimum Gasteiger partial charge on any atom is -0.508 e. The molecule has 1 aromatic rings. The maximum Gasteiger partial charge on any atom is 0.120 e. The third-order valence-corrected chi connectivity index (χ3v) is 1.93. The molecule has 72 valence electrons. The van der Waals surface area contributed by atoms with Crippen LogP contribution < -0.4 is 11.5 Å². The highest BCUT2D eigenvalue weighted by atomic mass is 16.3. The molecule has 0 bridgehead atoms. The molecule has 0 amide bonds. The molecule has 0 heterocycles. The predicted molar refractivity (Wildman–Crippen MR) is 51.1 cm³/mol. The summed E-state index contributed by atoms with van der Waals surface area (Å²) in [6.45, 7) is 1.56. The van der Waals surface area contributed by atoms with Gasteiger partial charge in [-0.15, -0.1) is 0 Å². The number of nitrogens with two attached hydrogens (primary N) is 2. The molecule has 1 rings (SSSR count). The second-order valence-electron chi connectivity index (χ2n) is 3.08. The maximum absolute atomic E-state index is 9.41. The SMILES string of the molecule is CC(O)C(N)c1cc(N)ccc1O. The Morgan fingerprint density at radius 1 is 1.38 bits per heavy atom. The van der Waals surface area contributed by atoms with Crippen molar-refractivity contribution in [3.05, 3.63) is 23.8 Å². The molecule has 4 heteroatoms. The van der Waals surface area contributed by atoms with Crippen LogP contribution in [0.25, 0.3) is 0 Å². The number of hydrogen-bond donors (Lipinski definition) is 4. The van der Waals surface area contributed by atoms with Crippen LogP contribution >= 0.6 is 0 Å². The second-order valence-corrected chi connectivity index (χ2v) is 3.08. The normalized spacial score (nSPS) is 15.3. The summed E-state index contributed by atoms with van der Waals surface area (Å²) in [5.41, 5.74) is 12.1. The Balaban J connectivity index is 3.05. The summed E-state index contributed by atoms with van der Waals surface area (Å²) in [7, 11) is 0. The number of phenols is 1. The van der Waals surface area contributed by atoms with Crippen molar-refractivity contribution in [3.63, 3.8) is 0 Å². The van der Waals surface area contributed by atoms with Gasteiger partial charge in [0.25, 0.3) is 0 Å². The Hall–Kier alpha value is -1.26. The lowest BCUT2D eigenvalue weighted by Gasteiger charge is -2.16. The Morgan fingerprint density at radius 3 is 2.54 bits per heavy atom. The zero-order chi connectivity index (χ0) is 10.0. The number of rotatable bonds is 2. The number of aromatic hydroxyl groups is 1. The van der Waals surface area contributed by atoms with E-state index in [1.165, 1.54) is 6.07 Å². The van der Waals surface area contributed by atoms with Crippen molar-refractivity contribution in [2.75, 3.05) is 5.73 Å². The first-order chi connectivity index (χ1) is 6.02. The monoisotopic (exact) mass is 182 g/mol. The van der Waals surface area contributed by atoms with Gasteiger partial charge in [-0.05, 0) is 25.1 Å². The zero-order valence-electron chi connectivity index (χ0n) is 7.44. The van der Waals surface area contributed by atoms with Crippen molar-refractivity contribution in [1.29, 1.82) is 0 Å². The number of anilines is 1. The van der Waals surface area contributed by atoms with Crippen LogP contribution in [0.4, 0.5) is 5.69 Å². The van der Waals surface area contributed by atoms with E-state index in [1.54, 1.807) is 19.1 Å². The number of phenolic OH excluding ortho intramolecular Hbond substituents is 1. The molecular weight excluding hydrogens is 168 g/mol. The molecule has 0 aliphatic carbocycles. The summed E-state index contributed by atoms with van der Waals surface area (Å²) in [4.78, 5) is 0. The quantitative estimate of drug-likeness (QED) is 0.392. The van der Waals surface area contributed by atoms with Crippen LogP contribution in [0.1, 0.15) is 18.5 Å². The topological polar surface area (TPSA) is 92.5 Å². The lowest BCUT2D eigenvalue weighted by Crippen LogP contribution is -2.23. The highest BCUT2D eigenvalue weighted by Gasteiger charge is 2.15. The summed E-state index contributed by atoms with van der Waals surface area (Å²) >= 11 is 0. The van der Waals surface area contributed by atoms with Crippen molar-refractivity contribution in [3.8, 4) is 5.75 Å². The average molecular weight is 182 g/mol. The van der Waals surface area contributed by atoms with Crippen molar-refractivity contribution in [1.82, 2.24) is 0 Å². The van der Waals surface area contributed by atoms with Gasteiger partial charge in [0.2, 0.25) is 0 Å². The molecule has 0 saturated carbocycles. The van der Waals surface area contributed by atoms with E-state index in [0.717, 1.165) is 0 Å². The van der Waals surface area contributed by atoms with Crippen molar-refractivity contribution in [2.24, 2.45) is 5.73 Å². The van der Waals surface area contributed by atoms with E-state index in [0.29, 0.717) is 11.3 Å². The van der Waals surface area contributed by atoms with Gasteiger partial charge in [-0.1, -0.05) is 0 Å². The molecule has 0 fully saturated rings. The average Bonchev–Trinajstić information content (AvgIpc) is 2.08. The van der Waals surface area contributed by atoms with E-state index in [2.05, 4.69) is 0 Å². The van der Waals surface area contributed by atoms with E-state index in [-0.39, 0.29) is 5.75 Å². The van der Waals surface area contributed by atoms with Crippen molar-refractivity contribution in [2.45, 2.75) is 19.1 Å². The van der Waals surface area contributed by atoms with E-state index >= 15 is 0 Å². The molecule has 13 heavy (non-hydrogen) atoms. The fraction of sp³-hybridized carbons (Fsp3) is 0.333. The summed E-state index contributed by atoms with van der Waals surface area (Å²) in [6, 6.07) is 4.00. The van der Waals surface area contributed by atoms with Gasteiger partial charge in [0, 0.05) is 11.3 Å². The molecule has 6 N–H and O–H groups in total. The molecule has 0 aromatic heterocycles. The van der Waals surface area contributed by atoms with Gasteiger partial charge in [0.05, 0.1) is 12.1 Å². The van der Waals surface area contributed by atoms with Gasteiger partial charge in [-0.25, -0.2) is 0 Å². The smallest absolute Gasteiger partial charge is 0.120 e. The second kappa shape index (κ2) is 3.64. The molecule has 4 nitrogen and oxygen atoms in total. The third kappa shape index (κ3) is 2.11. The van der Waals surface area contributed by atoms with Crippen molar-refractivity contribution < 1.29 is 10.2 Å². The number of aliphatic hydroxyl groups excluding tert-OH is 1. The lowest BCUT2D eigenvalue weighted by atomic mass is 10.0. The van der Waals surface area contributed by atoms with Gasteiger partial charge in [-0.3, -0.25) is 0 Å². The number of benzene rings is 1. The fourth-order valence-electron chi connectivity index (χ4n) is 1.10. The first kappa shape index (κ1) is 9.83. The third-order valence-electron chi connectivity index (χ3n) is 1.93. The molecule has 0 spiro atoms. The van der Waals surface area contributed by atoms with E-state index in [4.69, 9.17) is 11.5 Å². The summed E-state index contributed by atoms with van der Waals surface area (Å²) in [5, 5.41) is 18.6. The highest BCUT2D eigenvalue weighted by Crippen LogP contribution is 2.26. The van der Waals surface area contributed by atoms with E-state index in [9.17, 15) is 10.2 Å². The molecule has 2 atom stereocenters. The maximum atomic E-state index is 9.41. The Labute approximate surface area is 76.8 Å². The van der Waals surface area contributed by atoms with Crippen molar-refractivity contribution >= 4 is 5.69 Å². The van der Waals surface area contributed by atoms with Gasteiger partial charge in [0.15, 0.2) is 0 Å². The van der Waals surface area contributed by atoms with Crippen LogP contribution in [0.3, 0.4) is 0 Å². The molecule has 1 aromatic carbocycles. The standard InChI is InChI=1S/C9H14N2O2/c1-5(12)9(11)7-4-6(10)2-3-8(7)13/h2-5,9,12-13H,10-11H2,1H3. The van der Waals surface area contributed by atoms with Gasteiger partial charge >= 0.3 is 0 Å². The largest absolute Gasteiger partial charge is 0.508 e. The molecule has 0 saturated heterocycles. The summed E-state index contributed by atoms with van der Waals surface area (Å²) in [6.07, 6.45) is -0.715. The Morgan fingerprint density at radius 2 is 2.00 bits per heavy atom. The fourth-order valence-corrected chi connectivity index (χ4v) is 1.10. The van der Waals surface area contributed by atoms with Crippen LogP contribution in [0.15, 0.2) is 18.2 Å². The van der Waals surface area contributed by atoms with E-state index < -0.39 is 12.1 Å². The molecule has 0 aliphatic rings. The summed E-state index contributed by atoms with van der Waals surface area (Å²) in [5.74, 6) is 0.0580. The highest BCUT2D eigenvalue weighted by molar-refractivity contribution is 5.48. The minimum absolute atomic E-state index is 0.0580. The van der Waals surface area contributed by atoms with E-state index in [1.807, 2.05) is 0 Å². The number of hydrogen-bond acceptors (Lipinski definition) is 4. The van der Waals surface area contributed by atoms with Crippen LogP contribution in [0.2, 0.25) is 0 Å². The van der Waals surface area contributed by atoms with Gasteiger partial charge in [0.1, 0.15) is 5.75 Å². The van der Waals surface area contributed by atoms with Crippen LogP contribution in [0, 0.1) is 0 Å². The zero-order valence-corrected chi connectivity index (χ0v) is 7.44. The summed E-state index contributed by atoms with van der Waals surface area (Å²) < 4.78 is 0. The molecular formula is C9H14N2O2. The molecule has 2 unspecified atom stereocenters. The first-order valence-corrected chi connectivity index (χ1v) is 4.04. The van der Waals surface area contributed by atoms with Crippen LogP contribution in [-0.2, 0) is 0 Å². The number of aliphatic hydroxyl groups is 1. The Bertz CT molecular complexity index is 300. The first-order valence-electron chi connectivity index (χ1n) is 4.04. The lowest BCUT2D eigenvalue weighted by molar-refractivity contribution is 0.163. The number of nitrogen functional groups attached to an aromatic ring is 1. The van der Waals surface area contributed by atoms with Crippen LogP contribution in [-0.4, -0.2) is 16.3 Å².